The Morgan fingerprint density at radius 1 is 1.26 bits per heavy atom. The van der Waals surface area contributed by atoms with Gasteiger partial charge in [-0.1, -0.05) is 30.7 Å². The zero-order valence-corrected chi connectivity index (χ0v) is 13.6. The maximum Gasteiger partial charge on any atom is 0.265 e. The molecule has 0 heterocycles. The van der Waals surface area contributed by atoms with Gasteiger partial charge in [0, 0.05) is 5.69 Å². The molecule has 0 aliphatic carbocycles. The first-order chi connectivity index (χ1) is 11.0. The zero-order chi connectivity index (χ0) is 16.8. The lowest BCUT2D eigenvalue weighted by Crippen LogP contribution is -2.32. The largest absolute Gasteiger partial charge is 0.495 e. The standard InChI is InChI=1S/C17H17ClFNO3/c1-3-14(23-16-7-5-4-6-13(16)19)17(21)20-11-8-9-15(22-2)12(18)10-11/h4-10,14H,3H2,1-2H3,(H,20,21)/t14-/m0/s1. The summed E-state index contributed by atoms with van der Waals surface area (Å²) < 4.78 is 24.1. The molecule has 2 rings (SSSR count). The molecule has 0 aromatic heterocycles. The molecule has 0 spiro atoms. The third kappa shape index (κ3) is 4.36. The van der Waals surface area contributed by atoms with E-state index < -0.39 is 11.9 Å². The van der Waals surface area contributed by atoms with Crippen LogP contribution >= 0.6 is 11.6 Å². The number of amides is 1. The molecule has 6 heteroatoms. The SMILES string of the molecule is CC[C@H](Oc1ccccc1F)C(=O)Nc1ccc(OC)c(Cl)c1. The van der Waals surface area contributed by atoms with Crippen LogP contribution in [0.15, 0.2) is 42.5 Å². The van der Waals surface area contributed by atoms with Crippen molar-refractivity contribution < 1.29 is 18.7 Å². The highest BCUT2D eigenvalue weighted by Gasteiger charge is 2.20. The number of methoxy groups -OCH3 is 1. The van der Waals surface area contributed by atoms with Gasteiger partial charge in [-0.05, 0) is 36.8 Å². The first kappa shape index (κ1) is 17.1. The molecule has 23 heavy (non-hydrogen) atoms. The first-order valence-corrected chi connectivity index (χ1v) is 7.48. The van der Waals surface area contributed by atoms with Crippen molar-refractivity contribution in [1.82, 2.24) is 0 Å². The summed E-state index contributed by atoms with van der Waals surface area (Å²) in [6.07, 6.45) is -0.419. The molecule has 0 unspecified atom stereocenters. The fraction of sp³-hybridized carbons (Fsp3) is 0.235. The number of hydrogen-bond donors (Lipinski definition) is 1. The number of ether oxygens (including phenoxy) is 2. The van der Waals surface area contributed by atoms with E-state index in [4.69, 9.17) is 21.1 Å². The Kier molecular flexibility index (Phi) is 5.82. The van der Waals surface area contributed by atoms with Crippen LogP contribution in [0.1, 0.15) is 13.3 Å². The van der Waals surface area contributed by atoms with Gasteiger partial charge in [-0.15, -0.1) is 0 Å². The predicted molar refractivity (Wildman–Crippen MR) is 87.7 cm³/mol. The molecule has 0 bridgehead atoms. The molecular formula is C17H17ClFNO3. The molecule has 122 valence electrons. The van der Waals surface area contributed by atoms with Crippen LogP contribution in [0.4, 0.5) is 10.1 Å². The predicted octanol–water partition coefficient (Wildman–Crippen LogP) is 4.28. The second-order valence-corrected chi connectivity index (χ2v) is 5.19. The van der Waals surface area contributed by atoms with Crippen LogP contribution in [0.25, 0.3) is 0 Å². The van der Waals surface area contributed by atoms with Crippen molar-refractivity contribution in [3.8, 4) is 11.5 Å². The quantitative estimate of drug-likeness (QED) is 0.855. The second-order valence-electron chi connectivity index (χ2n) is 4.78. The zero-order valence-electron chi connectivity index (χ0n) is 12.8. The summed E-state index contributed by atoms with van der Waals surface area (Å²) in [6.45, 7) is 1.78. The molecule has 0 saturated heterocycles. The van der Waals surface area contributed by atoms with E-state index in [0.29, 0.717) is 22.9 Å². The number of carbonyl (C=O) groups excluding carboxylic acids is 1. The number of halogens is 2. The van der Waals surface area contributed by atoms with Gasteiger partial charge in [0.1, 0.15) is 5.75 Å². The van der Waals surface area contributed by atoms with Gasteiger partial charge in [0.15, 0.2) is 17.7 Å². The number of nitrogens with one attached hydrogen (secondary N) is 1. The molecule has 1 N–H and O–H groups in total. The average molecular weight is 338 g/mol. The van der Waals surface area contributed by atoms with E-state index in [9.17, 15) is 9.18 Å². The van der Waals surface area contributed by atoms with Gasteiger partial charge in [0.25, 0.3) is 5.91 Å². The lowest BCUT2D eigenvalue weighted by atomic mass is 10.2. The van der Waals surface area contributed by atoms with Crippen molar-refractivity contribution in [2.24, 2.45) is 0 Å². The van der Waals surface area contributed by atoms with Gasteiger partial charge in [-0.25, -0.2) is 4.39 Å². The monoisotopic (exact) mass is 337 g/mol. The van der Waals surface area contributed by atoms with E-state index in [1.54, 1.807) is 37.3 Å². The first-order valence-electron chi connectivity index (χ1n) is 7.10. The van der Waals surface area contributed by atoms with Crippen LogP contribution in [0, 0.1) is 5.82 Å². The topological polar surface area (TPSA) is 47.6 Å². The molecule has 2 aromatic rings. The third-order valence-corrected chi connectivity index (χ3v) is 3.48. The highest BCUT2D eigenvalue weighted by atomic mass is 35.5. The van der Waals surface area contributed by atoms with Crippen LogP contribution in [0.3, 0.4) is 0 Å². The van der Waals surface area contributed by atoms with Crippen LogP contribution in [0.5, 0.6) is 11.5 Å². The highest BCUT2D eigenvalue weighted by Crippen LogP contribution is 2.27. The van der Waals surface area contributed by atoms with Gasteiger partial charge >= 0.3 is 0 Å². The van der Waals surface area contributed by atoms with E-state index in [0.717, 1.165) is 0 Å². The summed E-state index contributed by atoms with van der Waals surface area (Å²) in [5.74, 6) is -0.329. The fourth-order valence-corrected chi connectivity index (χ4v) is 2.24. The van der Waals surface area contributed by atoms with Crippen molar-refractivity contribution in [1.29, 1.82) is 0 Å². The van der Waals surface area contributed by atoms with Crippen molar-refractivity contribution in [2.75, 3.05) is 12.4 Å². The van der Waals surface area contributed by atoms with Gasteiger partial charge in [-0.2, -0.15) is 0 Å². The Balaban J connectivity index is 2.08. The summed E-state index contributed by atoms with van der Waals surface area (Å²) in [4.78, 5) is 12.3. The molecular weight excluding hydrogens is 321 g/mol. The molecule has 0 aliphatic rings. The van der Waals surface area contributed by atoms with Gasteiger partial charge in [0.2, 0.25) is 0 Å². The lowest BCUT2D eigenvalue weighted by Gasteiger charge is -2.18. The van der Waals surface area contributed by atoms with E-state index in [1.807, 2.05) is 0 Å². The molecule has 0 radical (unpaired) electrons. The molecule has 0 saturated carbocycles. The van der Waals surface area contributed by atoms with Gasteiger partial charge < -0.3 is 14.8 Å². The number of carbonyl (C=O) groups is 1. The minimum atomic E-state index is -0.812. The lowest BCUT2D eigenvalue weighted by molar-refractivity contribution is -0.122. The third-order valence-electron chi connectivity index (χ3n) is 3.19. The van der Waals surface area contributed by atoms with Crippen molar-refractivity contribution in [2.45, 2.75) is 19.4 Å². The van der Waals surface area contributed by atoms with E-state index >= 15 is 0 Å². The Morgan fingerprint density at radius 2 is 2.00 bits per heavy atom. The maximum absolute atomic E-state index is 13.6. The number of anilines is 1. The summed E-state index contributed by atoms with van der Waals surface area (Å²) in [7, 11) is 1.51. The van der Waals surface area contributed by atoms with E-state index in [1.165, 1.54) is 19.2 Å². The van der Waals surface area contributed by atoms with Crippen LogP contribution < -0.4 is 14.8 Å². The number of benzene rings is 2. The molecule has 2 aromatic carbocycles. The number of rotatable bonds is 6. The Bertz CT molecular complexity index is 693. The van der Waals surface area contributed by atoms with E-state index in [2.05, 4.69) is 5.32 Å². The van der Waals surface area contributed by atoms with Crippen molar-refractivity contribution in [3.05, 3.63) is 53.3 Å². The van der Waals surface area contributed by atoms with Crippen molar-refractivity contribution >= 4 is 23.2 Å². The van der Waals surface area contributed by atoms with Gasteiger partial charge in [0.05, 0.1) is 12.1 Å². The molecule has 0 fully saturated rings. The van der Waals surface area contributed by atoms with Crippen LogP contribution in [0.2, 0.25) is 5.02 Å². The Morgan fingerprint density at radius 3 is 2.61 bits per heavy atom. The Hall–Kier alpha value is -2.27. The second kappa shape index (κ2) is 7.83. The average Bonchev–Trinajstić information content (AvgIpc) is 2.54. The number of hydrogen-bond acceptors (Lipinski definition) is 3. The summed E-state index contributed by atoms with van der Waals surface area (Å²) in [6, 6.07) is 10.9. The fourth-order valence-electron chi connectivity index (χ4n) is 1.98. The van der Waals surface area contributed by atoms with Crippen molar-refractivity contribution in [3.63, 3.8) is 0 Å². The normalized spacial score (nSPS) is 11.7. The molecule has 1 atom stereocenters. The summed E-state index contributed by atoms with van der Waals surface area (Å²) in [5.41, 5.74) is 0.511. The van der Waals surface area contributed by atoms with Gasteiger partial charge in [-0.3, -0.25) is 4.79 Å². The van der Waals surface area contributed by atoms with Crippen LogP contribution in [-0.4, -0.2) is 19.1 Å². The maximum atomic E-state index is 13.6. The number of para-hydroxylation sites is 1. The molecule has 1 amide bonds. The Labute approximate surface area is 139 Å². The minimum absolute atomic E-state index is 0.0438. The highest BCUT2D eigenvalue weighted by molar-refractivity contribution is 6.32. The molecule has 0 aliphatic heterocycles. The molecule has 4 nitrogen and oxygen atoms in total. The minimum Gasteiger partial charge on any atom is -0.495 e. The smallest absolute Gasteiger partial charge is 0.265 e. The summed E-state index contributed by atoms with van der Waals surface area (Å²) >= 11 is 6.02. The van der Waals surface area contributed by atoms with E-state index in [-0.39, 0.29) is 11.7 Å². The van der Waals surface area contributed by atoms with Crippen LogP contribution in [-0.2, 0) is 4.79 Å². The summed E-state index contributed by atoms with van der Waals surface area (Å²) in [5, 5.41) is 3.08.